The summed E-state index contributed by atoms with van der Waals surface area (Å²) in [7, 11) is 0. The minimum Gasteiger partial charge on any atom is -0.494 e. The zero-order valence-electron chi connectivity index (χ0n) is 10.0. The molecule has 0 radical (unpaired) electrons. The van der Waals surface area contributed by atoms with Crippen molar-refractivity contribution in [2.24, 2.45) is 5.73 Å². The standard InChI is InChI=1S/C13H20FNO/c1-3-16-13-8-7-12(14)9-11(13)6-4-5-10(2)15/h7-10H,3-6,15H2,1-2H3. The first kappa shape index (κ1) is 13.0. The van der Waals surface area contributed by atoms with Crippen molar-refractivity contribution in [3.63, 3.8) is 0 Å². The molecule has 0 aliphatic rings. The number of hydrogen-bond acceptors (Lipinski definition) is 2. The van der Waals surface area contributed by atoms with Gasteiger partial charge in [-0.25, -0.2) is 4.39 Å². The molecule has 0 amide bonds. The highest BCUT2D eigenvalue weighted by molar-refractivity contribution is 5.34. The van der Waals surface area contributed by atoms with Crippen LogP contribution in [-0.2, 0) is 6.42 Å². The molecule has 0 bridgehead atoms. The quantitative estimate of drug-likeness (QED) is 0.808. The summed E-state index contributed by atoms with van der Waals surface area (Å²) in [6, 6.07) is 4.87. The Hall–Kier alpha value is -1.09. The van der Waals surface area contributed by atoms with Gasteiger partial charge < -0.3 is 10.5 Å². The average Bonchev–Trinajstić information content (AvgIpc) is 2.21. The Kier molecular flexibility index (Phi) is 5.26. The largest absolute Gasteiger partial charge is 0.494 e. The van der Waals surface area contributed by atoms with E-state index in [1.54, 1.807) is 12.1 Å². The number of rotatable bonds is 6. The van der Waals surface area contributed by atoms with Gasteiger partial charge in [0.15, 0.2) is 0 Å². The van der Waals surface area contributed by atoms with Crippen LogP contribution < -0.4 is 10.5 Å². The fourth-order valence-electron chi connectivity index (χ4n) is 1.65. The SMILES string of the molecule is CCOc1ccc(F)cc1CCCC(C)N. The summed E-state index contributed by atoms with van der Waals surface area (Å²) < 4.78 is 18.5. The van der Waals surface area contributed by atoms with Crippen molar-refractivity contribution in [2.75, 3.05) is 6.61 Å². The first-order valence-electron chi connectivity index (χ1n) is 5.80. The molecule has 1 aromatic carbocycles. The third kappa shape index (κ3) is 4.19. The Labute approximate surface area is 96.6 Å². The number of hydrogen-bond donors (Lipinski definition) is 1. The predicted octanol–water partition coefficient (Wildman–Crippen LogP) is 2.89. The van der Waals surface area contributed by atoms with Gasteiger partial charge in [-0.05, 0) is 56.9 Å². The third-order valence-corrected chi connectivity index (χ3v) is 2.43. The smallest absolute Gasteiger partial charge is 0.123 e. The van der Waals surface area contributed by atoms with Crippen LogP contribution in [-0.4, -0.2) is 12.6 Å². The topological polar surface area (TPSA) is 35.2 Å². The van der Waals surface area contributed by atoms with Crippen molar-refractivity contribution in [2.45, 2.75) is 39.2 Å². The lowest BCUT2D eigenvalue weighted by molar-refractivity contribution is 0.335. The van der Waals surface area contributed by atoms with E-state index in [0.717, 1.165) is 30.6 Å². The van der Waals surface area contributed by atoms with Crippen molar-refractivity contribution in [3.05, 3.63) is 29.6 Å². The molecule has 1 aromatic rings. The molecule has 16 heavy (non-hydrogen) atoms. The molecule has 0 fully saturated rings. The molecule has 1 unspecified atom stereocenters. The molecule has 0 heterocycles. The van der Waals surface area contributed by atoms with Crippen molar-refractivity contribution in [1.82, 2.24) is 0 Å². The minimum atomic E-state index is -0.209. The van der Waals surface area contributed by atoms with Crippen LogP contribution in [0.25, 0.3) is 0 Å². The molecule has 3 heteroatoms. The number of aryl methyl sites for hydroxylation is 1. The maximum absolute atomic E-state index is 13.1. The molecule has 0 aliphatic heterocycles. The molecule has 2 nitrogen and oxygen atoms in total. The maximum atomic E-state index is 13.1. The predicted molar refractivity (Wildman–Crippen MR) is 64.2 cm³/mol. The number of nitrogens with two attached hydrogens (primary N) is 1. The van der Waals surface area contributed by atoms with E-state index >= 15 is 0 Å². The summed E-state index contributed by atoms with van der Waals surface area (Å²) in [5.41, 5.74) is 6.61. The van der Waals surface area contributed by atoms with Gasteiger partial charge in [-0.2, -0.15) is 0 Å². The Balaban J connectivity index is 2.64. The molecule has 0 aliphatic carbocycles. The molecule has 0 aromatic heterocycles. The summed E-state index contributed by atoms with van der Waals surface area (Å²) >= 11 is 0. The molecule has 1 rings (SSSR count). The van der Waals surface area contributed by atoms with Gasteiger partial charge in [0.2, 0.25) is 0 Å². The van der Waals surface area contributed by atoms with Gasteiger partial charge in [-0.15, -0.1) is 0 Å². The number of halogens is 1. The lowest BCUT2D eigenvalue weighted by atomic mass is 10.0. The van der Waals surface area contributed by atoms with E-state index in [1.807, 2.05) is 13.8 Å². The van der Waals surface area contributed by atoms with Crippen LogP contribution in [0.4, 0.5) is 4.39 Å². The molecule has 2 N–H and O–H groups in total. The van der Waals surface area contributed by atoms with Gasteiger partial charge in [-0.3, -0.25) is 0 Å². The summed E-state index contributed by atoms with van der Waals surface area (Å²) in [6.07, 6.45) is 2.72. The highest BCUT2D eigenvalue weighted by Gasteiger charge is 2.05. The third-order valence-electron chi connectivity index (χ3n) is 2.43. The molecule has 90 valence electrons. The normalized spacial score (nSPS) is 12.5. The summed E-state index contributed by atoms with van der Waals surface area (Å²) in [5.74, 6) is 0.577. The fraction of sp³-hybridized carbons (Fsp3) is 0.538. The molecule has 0 saturated heterocycles. The van der Waals surface area contributed by atoms with E-state index in [9.17, 15) is 4.39 Å². The van der Waals surface area contributed by atoms with Gasteiger partial charge >= 0.3 is 0 Å². The van der Waals surface area contributed by atoms with Crippen molar-refractivity contribution < 1.29 is 9.13 Å². The second-order valence-corrected chi connectivity index (χ2v) is 4.05. The minimum absolute atomic E-state index is 0.198. The second-order valence-electron chi connectivity index (χ2n) is 4.05. The number of ether oxygens (including phenoxy) is 1. The van der Waals surface area contributed by atoms with Gasteiger partial charge in [0.1, 0.15) is 11.6 Å². The maximum Gasteiger partial charge on any atom is 0.123 e. The van der Waals surface area contributed by atoms with E-state index in [0.29, 0.717) is 6.61 Å². The van der Waals surface area contributed by atoms with E-state index in [2.05, 4.69) is 0 Å². The Morgan fingerprint density at radius 1 is 1.44 bits per heavy atom. The first-order valence-corrected chi connectivity index (χ1v) is 5.80. The monoisotopic (exact) mass is 225 g/mol. The second kappa shape index (κ2) is 6.48. The lowest BCUT2D eigenvalue weighted by Crippen LogP contribution is -2.14. The summed E-state index contributed by atoms with van der Waals surface area (Å²) in [4.78, 5) is 0. The molecule has 0 saturated carbocycles. The first-order chi connectivity index (χ1) is 7.63. The van der Waals surface area contributed by atoms with Crippen molar-refractivity contribution >= 4 is 0 Å². The summed E-state index contributed by atoms with van der Waals surface area (Å²) in [5, 5.41) is 0. The Bertz CT molecular complexity index is 326. The molecular weight excluding hydrogens is 205 g/mol. The zero-order valence-corrected chi connectivity index (χ0v) is 10.0. The van der Waals surface area contributed by atoms with Crippen LogP contribution in [0.15, 0.2) is 18.2 Å². The Morgan fingerprint density at radius 2 is 2.19 bits per heavy atom. The van der Waals surface area contributed by atoms with Gasteiger partial charge in [0.25, 0.3) is 0 Å². The Morgan fingerprint density at radius 3 is 2.81 bits per heavy atom. The molecular formula is C13H20FNO. The van der Waals surface area contributed by atoms with Crippen molar-refractivity contribution in [3.8, 4) is 5.75 Å². The summed E-state index contributed by atoms with van der Waals surface area (Å²) in [6.45, 7) is 4.51. The number of benzene rings is 1. The van der Waals surface area contributed by atoms with Crippen LogP contribution >= 0.6 is 0 Å². The van der Waals surface area contributed by atoms with E-state index in [-0.39, 0.29) is 11.9 Å². The molecule has 0 spiro atoms. The fourth-order valence-corrected chi connectivity index (χ4v) is 1.65. The van der Waals surface area contributed by atoms with Crippen LogP contribution in [0.1, 0.15) is 32.3 Å². The van der Waals surface area contributed by atoms with E-state index in [1.165, 1.54) is 6.07 Å². The van der Waals surface area contributed by atoms with Gasteiger partial charge in [-0.1, -0.05) is 0 Å². The van der Waals surface area contributed by atoms with E-state index < -0.39 is 0 Å². The average molecular weight is 225 g/mol. The van der Waals surface area contributed by atoms with Gasteiger partial charge in [0.05, 0.1) is 6.61 Å². The zero-order chi connectivity index (χ0) is 12.0. The van der Waals surface area contributed by atoms with Gasteiger partial charge in [0, 0.05) is 6.04 Å². The lowest BCUT2D eigenvalue weighted by Gasteiger charge is -2.11. The van der Waals surface area contributed by atoms with Crippen LogP contribution in [0.3, 0.4) is 0 Å². The van der Waals surface area contributed by atoms with Crippen molar-refractivity contribution in [1.29, 1.82) is 0 Å². The highest BCUT2D eigenvalue weighted by Crippen LogP contribution is 2.21. The van der Waals surface area contributed by atoms with Crippen LogP contribution in [0, 0.1) is 5.82 Å². The molecule has 1 atom stereocenters. The van der Waals surface area contributed by atoms with E-state index in [4.69, 9.17) is 10.5 Å². The van der Waals surface area contributed by atoms with Crippen LogP contribution in [0.5, 0.6) is 5.75 Å². The highest BCUT2D eigenvalue weighted by atomic mass is 19.1. The van der Waals surface area contributed by atoms with Crippen LogP contribution in [0.2, 0.25) is 0 Å².